The summed E-state index contributed by atoms with van der Waals surface area (Å²) in [7, 11) is 2.95. The molecule has 0 saturated carbocycles. The lowest BCUT2D eigenvalue weighted by atomic mass is 10.1. The number of aryl methyl sites for hydroxylation is 1. The summed E-state index contributed by atoms with van der Waals surface area (Å²) in [6.45, 7) is 0. The van der Waals surface area contributed by atoms with Crippen LogP contribution in [0.15, 0.2) is 48.5 Å². The van der Waals surface area contributed by atoms with Gasteiger partial charge in [-0.15, -0.1) is 0 Å². The van der Waals surface area contributed by atoms with Gasteiger partial charge >= 0.3 is 5.97 Å². The number of carbonyl (C=O) groups is 2. The van der Waals surface area contributed by atoms with E-state index >= 15 is 0 Å². The minimum Gasteiger partial charge on any atom is -0.497 e. The summed E-state index contributed by atoms with van der Waals surface area (Å²) in [6.07, 6.45) is 1.03. The summed E-state index contributed by atoms with van der Waals surface area (Å²) in [5.74, 6) is 0.318. The molecule has 0 unspecified atom stereocenters. The van der Waals surface area contributed by atoms with Gasteiger partial charge in [0, 0.05) is 12.1 Å². The Morgan fingerprint density at radius 2 is 1.61 bits per heavy atom. The average molecular weight is 313 g/mol. The van der Waals surface area contributed by atoms with Crippen molar-refractivity contribution in [1.82, 2.24) is 0 Å². The number of ether oxygens (including phenoxy) is 2. The number of amides is 1. The fraction of sp³-hybridized carbons (Fsp3) is 0.222. The zero-order valence-electron chi connectivity index (χ0n) is 13.2. The Hall–Kier alpha value is -2.82. The molecule has 2 aromatic carbocycles. The Balaban J connectivity index is 1.85. The van der Waals surface area contributed by atoms with Crippen LogP contribution in [-0.2, 0) is 16.0 Å². The molecule has 120 valence electrons. The Kier molecular flexibility index (Phi) is 5.74. The van der Waals surface area contributed by atoms with Crippen LogP contribution in [0.1, 0.15) is 22.3 Å². The largest absolute Gasteiger partial charge is 0.497 e. The maximum atomic E-state index is 12.0. The van der Waals surface area contributed by atoms with E-state index < -0.39 is 5.97 Å². The van der Waals surface area contributed by atoms with Crippen LogP contribution in [0.3, 0.4) is 0 Å². The summed E-state index contributed by atoms with van der Waals surface area (Å²) < 4.78 is 9.72. The third-order valence-corrected chi connectivity index (χ3v) is 3.39. The van der Waals surface area contributed by atoms with Crippen molar-refractivity contribution in [3.63, 3.8) is 0 Å². The molecule has 0 fully saturated rings. The SMILES string of the molecule is COC(=O)c1ccc(NC(=O)CCc2ccc(OC)cc2)cc1. The van der Waals surface area contributed by atoms with Crippen LogP contribution in [-0.4, -0.2) is 26.1 Å². The standard InChI is InChI=1S/C18H19NO4/c1-22-16-10-3-13(4-11-16)5-12-17(20)19-15-8-6-14(7-9-15)18(21)23-2/h3-4,6-11H,5,12H2,1-2H3,(H,19,20). The molecule has 23 heavy (non-hydrogen) atoms. The number of benzene rings is 2. The van der Waals surface area contributed by atoms with Gasteiger partial charge in [0.05, 0.1) is 19.8 Å². The van der Waals surface area contributed by atoms with Gasteiger partial charge in [0.1, 0.15) is 5.75 Å². The second-order valence-electron chi connectivity index (χ2n) is 4.97. The maximum Gasteiger partial charge on any atom is 0.337 e. The van der Waals surface area contributed by atoms with E-state index in [9.17, 15) is 9.59 Å². The van der Waals surface area contributed by atoms with Gasteiger partial charge in [-0.25, -0.2) is 4.79 Å². The van der Waals surface area contributed by atoms with Crippen molar-refractivity contribution in [1.29, 1.82) is 0 Å². The van der Waals surface area contributed by atoms with Crippen LogP contribution in [0.4, 0.5) is 5.69 Å². The average Bonchev–Trinajstić information content (AvgIpc) is 2.60. The lowest BCUT2D eigenvalue weighted by Gasteiger charge is -2.07. The minimum atomic E-state index is -0.401. The van der Waals surface area contributed by atoms with Gasteiger partial charge in [-0.1, -0.05) is 12.1 Å². The quantitative estimate of drug-likeness (QED) is 0.833. The Morgan fingerprint density at radius 3 is 2.17 bits per heavy atom. The Bertz CT molecular complexity index is 662. The van der Waals surface area contributed by atoms with Crippen molar-refractivity contribution in [2.24, 2.45) is 0 Å². The van der Waals surface area contributed by atoms with Crippen molar-refractivity contribution in [3.8, 4) is 5.75 Å². The number of carbonyl (C=O) groups excluding carboxylic acids is 2. The molecule has 0 aliphatic heterocycles. The third-order valence-electron chi connectivity index (χ3n) is 3.39. The molecule has 0 aliphatic rings. The van der Waals surface area contributed by atoms with Crippen LogP contribution in [0.25, 0.3) is 0 Å². The lowest BCUT2D eigenvalue weighted by Crippen LogP contribution is -2.12. The molecular formula is C18H19NO4. The van der Waals surface area contributed by atoms with Crippen molar-refractivity contribution < 1.29 is 19.1 Å². The number of rotatable bonds is 6. The van der Waals surface area contributed by atoms with Gasteiger partial charge in [0.15, 0.2) is 0 Å². The Morgan fingerprint density at radius 1 is 0.957 bits per heavy atom. The van der Waals surface area contributed by atoms with E-state index in [1.54, 1.807) is 31.4 Å². The predicted molar refractivity (Wildman–Crippen MR) is 87.7 cm³/mol. The normalized spacial score (nSPS) is 10.0. The maximum absolute atomic E-state index is 12.0. The molecule has 5 heteroatoms. The smallest absolute Gasteiger partial charge is 0.337 e. The van der Waals surface area contributed by atoms with Crippen molar-refractivity contribution in [3.05, 3.63) is 59.7 Å². The number of nitrogens with one attached hydrogen (secondary N) is 1. The van der Waals surface area contributed by atoms with E-state index in [-0.39, 0.29) is 5.91 Å². The summed E-state index contributed by atoms with van der Waals surface area (Å²) in [4.78, 5) is 23.3. The minimum absolute atomic E-state index is 0.0772. The molecule has 0 heterocycles. The highest BCUT2D eigenvalue weighted by Crippen LogP contribution is 2.14. The first-order valence-electron chi connectivity index (χ1n) is 7.23. The summed E-state index contributed by atoms with van der Waals surface area (Å²) >= 11 is 0. The molecular weight excluding hydrogens is 294 g/mol. The first kappa shape index (κ1) is 16.5. The Labute approximate surface area is 135 Å². The van der Waals surface area contributed by atoms with Crippen LogP contribution in [0.2, 0.25) is 0 Å². The predicted octanol–water partition coefficient (Wildman–Crippen LogP) is 3.05. The zero-order valence-corrected chi connectivity index (χ0v) is 13.2. The number of methoxy groups -OCH3 is 2. The number of anilines is 1. The number of esters is 1. The van der Waals surface area contributed by atoms with E-state index in [2.05, 4.69) is 10.1 Å². The van der Waals surface area contributed by atoms with Gasteiger partial charge in [-0.2, -0.15) is 0 Å². The topological polar surface area (TPSA) is 64.6 Å². The molecule has 5 nitrogen and oxygen atoms in total. The molecule has 2 rings (SSSR count). The van der Waals surface area contributed by atoms with Gasteiger partial charge in [-0.3, -0.25) is 4.79 Å². The van der Waals surface area contributed by atoms with Crippen LogP contribution in [0, 0.1) is 0 Å². The molecule has 0 aromatic heterocycles. The van der Waals surface area contributed by atoms with E-state index in [0.717, 1.165) is 11.3 Å². The van der Waals surface area contributed by atoms with Gasteiger partial charge in [0.25, 0.3) is 0 Å². The van der Waals surface area contributed by atoms with E-state index in [0.29, 0.717) is 24.1 Å². The molecule has 1 amide bonds. The summed E-state index contributed by atoms with van der Waals surface area (Å²) in [5, 5.41) is 2.80. The summed E-state index contributed by atoms with van der Waals surface area (Å²) in [5.41, 5.74) is 2.17. The summed E-state index contributed by atoms with van der Waals surface area (Å²) in [6, 6.07) is 14.2. The molecule has 2 aromatic rings. The fourth-order valence-electron chi connectivity index (χ4n) is 2.08. The first-order valence-corrected chi connectivity index (χ1v) is 7.23. The van der Waals surface area contributed by atoms with Crippen LogP contribution >= 0.6 is 0 Å². The van der Waals surface area contributed by atoms with Crippen molar-refractivity contribution in [2.45, 2.75) is 12.8 Å². The third kappa shape index (κ3) is 4.85. The molecule has 0 atom stereocenters. The van der Waals surface area contributed by atoms with Crippen LogP contribution < -0.4 is 10.1 Å². The van der Waals surface area contributed by atoms with E-state index in [1.807, 2.05) is 24.3 Å². The van der Waals surface area contributed by atoms with Gasteiger partial charge < -0.3 is 14.8 Å². The monoisotopic (exact) mass is 313 g/mol. The van der Waals surface area contributed by atoms with Crippen molar-refractivity contribution in [2.75, 3.05) is 19.5 Å². The fourth-order valence-corrected chi connectivity index (χ4v) is 2.08. The molecule has 0 radical (unpaired) electrons. The highest BCUT2D eigenvalue weighted by Gasteiger charge is 2.07. The van der Waals surface area contributed by atoms with E-state index in [1.165, 1.54) is 7.11 Å². The second kappa shape index (κ2) is 7.98. The highest BCUT2D eigenvalue weighted by atomic mass is 16.5. The van der Waals surface area contributed by atoms with E-state index in [4.69, 9.17) is 4.74 Å². The highest BCUT2D eigenvalue weighted by molar-refractivity contribution is 5.93. The number of hydrogen-bond donors (Lipinski definition) is 1. The zero-order chi connectivity index (χ0) is 16.7. The molecule has 0 saturated heterocycles. The van der Waals surface area contributed by atoms with Crippen LogP contribution in [0.5, 0.6) is 5.75 Å². The lowest BCUT2D eigenvalue weighted by molar-refractivity contribution is -0.116. The molecule has 0 bridgehead atoms. The van der Waals surface area contributed by atoms with Crippen molar-refractivity contribution >= 4 is 17.6 Å². The first-order chi connectivity index (χ1) is 11.1. The number of hydrogen-bond acceptors (Lipinski definition) is 4. The molecule has 0 spiro atoms. The molecule has 1 N–H and O–H groups in total. The second-order valence-corrected chi connectivity index (χ2v) is 4.97. The van der Waals surface area contributed by atoms with Gasteiger partial charge in [0.2, 0.25) is 5.91 Å². The molecule has 0 aliphatic carbocycles. The van der Waals surface area contributed by atoms with Gasteiger partial charge in [-0.05, 0) is 48.4 Å².